The third-order valence-electron chi connectivity index (χ3n) is 10.1. The Morgan fingerprint density at radius 3 is 1.57 bits per heavy atom. The van der Waals surface area contributed by atoms with Crippen molar-refractivity contribution in [1.82, 2.24) is 5.32 Å². The van der Waals surface area contributed by atoms with Crippen molar-refractivity contribution >= 4 is 17.8 Å². The topological polar surface area (TPSA) is 119 Å². The Balaban J connectivity index is 4.33. The zero-order chi connectivity index (χ0) is 41.0. The first-order valence-corrected chi connectivity index (χ1v) is 23.1. The summed E-state index contributed by atoms with van der Waals surface area (Å²) in [4.78, 5) is 36.4. The molecule has 0 radical (unpaired) electrons. The number of carbonyl (C=O) groups excluding carboxylic acids is 2. The predicted octanol–water partition coefficient (Wildman–Crippen LogP) is 13.3. The van der Waals surface area contributed by atoms with Crippen LogP contribution in [-0.2, 0) is 19.1 Å². The zero-order valence-corrected chi connectivity index (χ0v) is 36.2. The van der Waals surface area contributed by atoms with Gasteiger partial charge in [0, 0.05) is 12.8 Å². The highest BCUT2D eigenvalue weighted by molar-refractivity contribution is 5.83. The summed E-state index contributed by atoms with van der Waals surface area (Å²) in [5.41, 5.74) is 5.49. The number of unbranched alkanes of at least 4 members (excludes halogenated alkanes) is 17. The minimum Gasteiger partial charge on any atom is -0.480 e. The number of esters is 1. The van der Waals surface area contributed by atoms with Crippen molar-refractivity contribution in [1.29, 1.82) is 0 Å². The van der Waals surface area contributed by atoms with Gasteiger partial charge in [-0.3, -0.25) is 9.59 Å². The van der Waals surface area contributed by atoms with Crippen LogP contribution >= 0.6 is 0 Å². The molecule has 0 aromatic rings. The maximum absolute atomic E-state index is 12.8. The van der Waals surface area contributed by atoms with E-state index in [-0.39, 0.29) is 18.0 Å². The van der Waals surface area contributed by atoms with Gasteiger partial charge in [-0.2, -0.15) is 0 Å². The van der Waals surface area contributed by atoms with Gasteiger partial charge in [-0.15, -0.1) is 0 Å². The van der Waals surface area contributed by atoms with Crippen LogP contribution in [0.15, 0.2) is 60.8 Å². The third-order valence-corrected chi connectivity index (χ3v) is 10.1. The quantitative estimate of drug-likeness (QED) is 0.0323. The molecule has 0 aliphatic rings. The average molecular weight is 783 g/mol. The predicted molar refractivity (Wildman–Crippen MR) is 239 cm³/mol. The van der Waals surface area contributed by atoms with Crippen LogP contribution in [0.4, 0.5) is 0 Å². The Hall–Kier alpha value is -2.93. The van der Waals surface area contributed by atoms with Crippen LogP contribution in [0.3, 0.4) is 0 Å². The van der Waals surface area contributed by atoms with E-state index in [1.54, 1.807) is 0 Å². The molecule has 0 bridgehead atoms. The van der Waals surface area contributed by atoms with Gasteiger partial charge in [-0.05, 0) is 116 Å². The summed E-state index contributed by atoms with van der Waals surface area (Å²) in [6.45, 7) is 4.82. The van der Waals surface area contributed by atoms with E-state index in [4.69, 9.17) is 10.5 Å². The van der Waals surface area contributed by atoms with E-state index in [1.165, 1.54) is 64.2 Å². The van der Waals surface area contributed by atoms with E-state index in [2.05, 4.69) is 79.9 Å². The molecule has 0 aliphatic heterocycles. The Kier molecular flexibility index (Phi) is 40.9. The molecule has 0 aromatic heterocycles. The number of carboxylic acids is 1. The molecule has 0 saturated heterocycles. The maximum atomic E-state index is 12.8. The van der Waals surface area contributed by atoms with Crippen LogP contribution < -0.4 is 11.1 Å². The zero-order valence-electron chi connectivity index (χ0n) is 36.2. The molecule has 2 unspecified atom stereocenters. The second kappa shape index (κ2) is 43.2. The van der Waals surface area contributed by atoms with Gasteiger partial charge >= 0.3 is 11.9 Å². The maximum Gasteiger partial charge on any atom is 0.326 e. The molecule has 7 nitrogen and oxygen atoms in total. The number of nitrogens with two attached hydrogens (primary N) is 1. The number of ether oxygens (including phenoxy) is 1. The van der Waals surface area contributed by atoms with Crippen molar-refractivity contribution in [2.45, 2.75) is 225 Å². The fourth-order valence-corrected chi connectivity index (χ4v) is 6.62. The lowest BCUT2D eigenvalue weighted by Gasteiger charge is -2.18. The van der Waals surface area contributed by atoms with Crippen molar-refractivity contribution < 1.29 is 24.2 Å². The number of rotatable bonds is 41. The molecule has 1 amide bonds. The normalized spacial score (nSPS) is 13.2. The molecule has 0 spiro atoms. The van der Waals surface area contributed by atoms with Crippen molar-refractivity contribution in [2.75, 3.05) is 6.54 Å². The molecule has 4 N–H and O–H groups in total. The van der Waals surface area contributed by atoms with Crippen LogP contribution in [0, 0.1) is 0 Å². The first-order chi connectivity index (χ1) is 27.4. The number of aliphatic carboxylic acids is 1. The SMILES string of the molecule is CC/C=C\C/C=C\C/C=C\C/C=C\CCCCCCCCC(=O)OC(CCC/C=C\CCCCCCCC)CCCCCCCC(=O)NC(CCCN)C(=O)O. The Morgan fingerprint density at radius 2 is 1.00 bits per heavy atom. The lowest BCUT2D eigenvalue weighted by molar-refractivity contribution is -0.150. The molecular weight excluding hydrogens is 697 g/mol. The van der Waals surface area contributed by atoms with E-state index in [9.17, 15) is 19.5 Å². The van der Waals surface area contributed by atoms with Gasteiger partial charge in [0.1, 0.15) is 12.1 Å². The van der Waals surface area contributed by atoms with Gasteiger partial charge < -0.3 is 20.9 Å². The van der Waals surface area contributed by atoms with Crippen LogP contribution in [0.5, 0.6) is 0 Å². The van der Waals surface area contributed by atoms with E-state index in [0.717, 1.165) is 109 Å². The molecule has 0 saturated carbocycles. The van der Waals surface area contributed by atoms with E-state index >= 15 is 0 Å². The highest BCUT2D eigenvalue weighted by Crippen LogP contribution is 2.18. The average Bonchev–Trinajstić information content (AvgIpc) is 3.18. The van der Waals surface area contributed by atoms with Crippen molar-refractivity contribution in [3.8, 4) is 0 Å². The molecular formula is C49H86N2O5. The molecule has 56 heavy (non-hydrogen) atoms. The largest absolute Gasteiger partial charge is 0.480 e. The summed E-state index contributed by atoms with van der Waals surface area (Å²) < 4.78 is 6.03. The second-order valence-corrected chi connectivity index (χ2v) is 15.4. The summed E-state index contributed by atoms with van der Waals surface area (Å²) in [7, 11) is 0. The van der Waals surface area contributed by atoms with Gasteiger partial charge in [0.25, 0.3) is 0 Å². The monoisotopic (exact) mass is 783 g/mol. The molecule has 0 fully saturated rings. The molecule has 322 valence electrons. The van der Waals surface area contributed by atoms with Crippen LogP contribution in [-0.4, -0.2) is 41.6 Å². The van der Waals surface area contributed by atoms with Crippen molar-refractivity contribution in [3.05, 3.63) is 60.8 Å². The number of hydrogen-bond donors (Lipinski definition) is 3. The Bertz CT molecular complexity index is 1060. The smallest absolute Gasteiger partial charge is 0.326 e. The number of hydrogen-bond acceptors (Lipinski definition) is 5. The Morgan fingerprint density at radius 1 is 0.536 bits per heavy atom. The molecule has 2 atom stereocenters. The molecule has 0 aromatic carbocycles. The van der Waals surface area contributed by atoms with E-state index < -0.39 is 12.0 Å². The van der Waals surface area contributed by atoms with Gasteiger partial charge in [0.2, 0.25) is 5.91 Å². The lowest BCUT2D eigenvalue weighted by atomic mass is 10.0. The van der Waals surface area contributed by atoms with Crippen LogP contribution in [0.25, 0.3) is 0 Å². The molecule has 0 aliphatic carbocycles. The highest BCUT2D eigenvalue weighted by Gasteiger charge is 2.19. The van der Waals surface area contributed by atoms with Crippen molar-refractivity contribution in [3.63, 3.8) is 0 Å². The van der Waals surface area contributed by atoms with Gasteiger partial charge in [-0.25, -0.2) is 4.79 Å². The summed E-state index contributed by atoms with van der Waals surface area (Å²) in [5.74, 6) is -1.27. The standard InChI is InChI=1S/C49H86N2O5/c1-3-5-7-9-11-13-15-16-17-18-19-20-21-22-24-26-28-33-37-43-48(53)56-45(39-34-30-27-25-23-14-12-10-8-6-4-2)40-35-31-29-32-36-42-47(52)51-46(49(54)55)41-38-44-50/h5,7,11,13,16-17,19-20,25,27,45-46H,3-4,6,8-10,12,14-15,18,21-24,26,28-44,50H2,1-2H3,(H,51,52)(H,54,55)/b7-5-,13-11-,17-16-,20-19-,27-25-. The highest BCUT2D eigenvalue weighted by atomic mass is 16.5. The summed E-state index contributed by atoms with van der Waals surface area (Å²) in [6, 6.07) is -0.862. The van der Waals surface area contributed by atoms with Gasteiger partial charge in [0.05, 0.1) is 0 Å². The first kappa shape index (κ1) is 53.1. The third kappa shape index (κ3) is 39.3. The fourth-order valence-electron chi connectivity index (χ4n) is 6.62. The number of nitrogens with one attached hydrogen (secondary N) is 1. The van der Waals surface area contributed by atoms with Crippen LogP contribution in [0.2, 0.25) is 0 Å². The number of carboxylic acid groups (broad SMARTS) is 1. The fraction of sp³-hybridized carbons (Fsp3) is 0.735. The molecule has 0 rings (SSSR count). The lowest BCUT2D eigenvalue weighted by Crippen LogP contribution is -2.40. The summed E-state index contributed by atoms with van der Waals surface area (Å²) in [6.07, 6.45) is 54.1. The molecule has 0 heterocycles. The van der Waals surface area contributed by atoms with Crippen LogP contribution in [0.1, 0.15) is 213 Å². The van der Waals surface area contributed by atoms with E-state index in [0.29, 0.717) is 32.2 Å². The number of amides is 1. The van der Waals surface area contributed by atoms with Gasteiger partial charge in [0.15, 0.2) is 0 Å². The molecule has 7 heteroatoms. The minimum absolute atomic E-state index is 0.0277. The van der Waals surface area contributed by atoms with Gasteiger partial charge in [-0.1, -0.05) is 152 Å². The number of carbonyl (C=O) groups is 3. The van der Waals surface area contributed by atoms with Crippen molar-refractivity contribution in [2.24, 2.45) is 5.73 Å². The Labute approximate surface area is 344 Å². The second-order valence-electron chi connectivity index (χ2n) is 15.4. The first-order valence-electron chi connectivity index (χ1n) is 23.1. The minimum atomic E-state index is -1.01. The van der Waals surface area contributed by atoms with E-state index in [1.807, 2.05) is 0 Å². The number of allylic oxidation sites excluding steroid dienone is 10. The summed E-state index contributed by atoms with van der Waals surface area (Å²) >= 11 is 0. The summed E-state index contributed by atoms with van der Waals surface area (Å²) in [5, 5.41) is 11.9.